The predicted molar refractivity (Wildman–Crippen MR) is 144 cm³/mol. The molecule has 0 aliphatic heterocycles. The number of hydrogen-bond acceptors (Lipinski definition) is 5. The fourth-order valence-corrected chi connectivity index (χ4v) is 6.38. The molecule has 4 nitrogen and oxygen atoms in total. The second-order valence-electron chi connectivity index (χ2n) is 8.23. The third-order valence-corrected chi connectivity index (χ3v) is 7.87. The summed E-state index contributed by atoms with van der Waals surface area (Å²) in [6, 6.07) is 17.6. The number of aryl methyl sites for hydroxylation is 2. The van der Waals surface area contributed by atoms with E-state index in [2.05, 4.69) is 18.3 Å². The lowest BCUT2D eigenvalue weighted by atomic mass is 9.92. The lowest BCUT2D eigenvalue weighted by molar-refractivity contribution is -0.111. The molecule has 0 spiro atoms. The largest absolute Gasteiger partial charge is 0.322 e. The first-order chi connectivity index (χ1) is 16.3. The summed E-state index contributed by atoms with van der Waals surface area (Å²) < 4.78 is 1.99. The van der Waals surface area contributed by atoms with Crippen molar-refractivity contribution in [2.75, 3.05) is 5.32 Å². The number of nitrogens with one attached hydrogen (secondary N) is 1. The average molecular weight is 487 g/mol. The van der Waals surface area contributed by atoms with Gasteiger partial charge in [0.05, 0.1) is 10.2 Å². The SMILES string of the molecule is CC(=O)c1c(C)cc(C)c(CSc2nc3ccc(NC(=O)/C=C/c4ccccc4)cc3s2)c1C. The maximum Gasteiger partial charge on any atom is 0.248 e. The molecule has 0 saturated heterocycles. The van der Waals surface area contributed by atoms with Crippen LogP contribution in [0.2, 0.25) is 0 Å². The van der Waals surface area contributed by atoms with Gasteiger partial charge in [-0.15, -0.1) is 11.3 Å². The Kier molecular flexibility index (Phi) is 7.29. The van der Waals surface area contributed by atoms with Crippen LogP contribution in [0, 0.1) is 20.8 Å². The van der Waals surface area contributed by atoms with Gasteiger partial charge in [0.15, 0.2) is 10.1 Å². The van der Waals surface area contributed by atoms with Gasteiger partial charge in [-0.1, -0.05) is 48.2 Å². The molecule has 34 heavy (non-hydrogen) atoms. The van der Waals surface area contributed by atoms with Crippen LogP contribution < -0.4 is 5.32 Å². The number of carbonyl (C=O) groups is 2. The van der Waals surface area contributed by atoms with Crippen molar-refractivity contribution in [3.05, 3.63) is 94.1 Å². The van der Waals surface area contributed by atoms with Crippen LogP contribution in [0.1, 0.15) is 45.1 Å². The molecule has 0 fully saturated rings. The molecule has 0 aliphatic rings. The summed E-state index contributed by atoms with van der Waals surface area (Å²) in [6.45, 7) is 7.75. The zero-order valence-electron chi connectivity index (χ0n) is 19.6. The normalized spacial score (nSPS) is 11.3. The minimum atomic E-state index is -0.172. The molecular formula is C28H26N2O2S2. The molecule has 4 rings (SSSR count). The van der Waals surface area contributed by atoms with Crippen molar-refractivity contribution in [2.45, 2.75) is 37.8 Å². The fourth-order valence-electron chi connectivity index (χ4n) is 4.09. The third-order valence-electron chi connectivity index (χ3n) is 5.69. The maximum atomic E-state index is 12.3. The van der Waals surface area contributed by atoms with Crippen LogP contribution in [-0.4, -0.2) is 16.7 Å². The Morgan fingerprint density at radius 1 is 1.03 bits per heavy atom. The topological polar surface area (TPSA) is 59.1 Å². The highest BCUT2D eigenvalue weighted by Crippen LogP contribution is 2.35. The smallest absolute Gasteiger partial charge is 0.248 e. The first kappa shape index (κ1) is 23.9. The number of thiazole rings is 1. The number of carbonyl (C=O) groups excluding carboxylic acids is 2. The molecule has 0 radical (unpaired) electrons. The number of aromatic nitrogens is 1. The summed E-state index contributed by atoms with van der Waals surface area (Å²) in [6.07, 6.45) is 3.33. The highest BCUT2D eigenvalue weighted by atomic mass is 32.2. The summed E-state index contributed by atoms with van der Waals surface area (Å²) in [5.74, 6) is 0.690. The number of anilines is 1. The maximum absolute atomic E-state index is 12.3. The molecule has 4 aromatic rings. The Hall–Kier alpha value is -3.22. The van der Waals surface area contributed by atoms with Gasteiger partial charge in [0.25, 0.3) is 0 Å². The average Bonchev–Trinajstić information content (AvgIpc) is 3.20. The van der Waals surface area contributed by atoms with E-state index in [1.165, 1.54) is 17.2 Å². The van der Waals surface area contributed by atoms with Gasteiger partial charge in [-0.3, -0.25) is 9.59 Å². The van der Waals surface area contributed by atoms with Crippen molar-refractivity contribution in [3.63, 3.8) is 0 Å². The van der Waals surface area contributed by atoms with Crippen molar-refractivity contribution >= 4 is 56.8 Å². The number of hydrogen-bond donors (Lipinski definition) is 1. The summed E-state index contributed by atoms with van der Waals surface area (Å²) in [4.78, 5) is 29.2. The van der Waals surface area contributed by atoms with E-state index < -0.39 is 0 Å². The van der Waals surface area contributed by atoms with Gasteiger partial charge in [-0.25, -0.2) is 4.98 Å². The van der Waals surface area contributed by atoms with Crippen molar-refractivity contribution in [2.24, 2.45) is 0 Å². The van der Waals surface area contributed by atoms with Crippen LogP contribution in [0.15, 0.2) is 65.0 Å². The molecule has 0 bridgehead atoms. The van der Waals surface area contributed by atoms with Crippen molar-refractivity contribution < 1.29 is 9.59 Å². The van der Waals surface area contributed by atoms with Crippen molar-refractivity contribution in [1.82, 2.24) is 4.98 Å². The van der Waals surface area contributed by atoms with Crippen molar-refractivity contribution in [3.8, 4) is 0 Å². The van der Waals surface area contributed by atoms with E-state index in [-0.39, 0.29) is 11.7 Å². The van der Waals surface area contributed by atoms with E-state index >= 15 is 0 Å². The number of Topliss-reactive ketones (excluding diaryl/α,β-unsaturated/α-hetero) is 1. The number of benzene rings is 3. The second-order valence-corrected chi connectivity index (χ2v) is 10.5. The van der Waals surface area contributed by atoms with Gasteiger partial charge in [-0.05, 0) is 79.8 Å². The van der Waals surface area contributed by atoms with E-state index in [1.807, 2.05) is 62.4 Å². The van der Waals surface area contributed by atoms with Gasteiger partial charge >= 0.3 is 0 Å². The summed E-state index contributed by atoms with van der Waals surface area (Å²) in [7, 11) is 0. The quantitative estimate of drug-likeness (QED) is 0.168. The van der Waals surface area contributed by atoms with Crippen LogP contribution >= 0.6 is 23.1 Å². The van der Waals surface area contributed by atoms with Crippen LogP contribution in [0.5, 0.6) is 0 Å². The van der Waals surface area contributed by atoms with Crippen LogP contribution in [0.25, 0.3) is 16.3 Å². The van der Waals surface area contributed by atoms with Gasteiger partial charge in [0.2, 0.25) is 5.91 Å². The Balaban J connectivity index is 1.47. The molecule has 1 heterocycles. The first-order valence-corrected chi connectivity index (χ1v) is 12.8. The molecule has 1 aromatic heterocycles. The van der Waals surface area contributed by atoms with Crippen LogP contribution in [0.4, 0.5) is 5.69 Å². The highest BCUT2D eigenvalue weighted by molar-refractivity contribution is 8.00. The fraction of sp³-hybridized carbons (Fsp3) is 0.179. The third kappa shape index (κ3) is 5.46. The number of fused-ring (bicyclic) bond motifs is 1. The molecule has 172 valence electrons. The van der Waals surface area contributed by atoms with E-state index in [0.29, 0.717) is 0 Å². The zero-order chi connectivity index (χ0) is 24.2. The van der Waals surface area contributed by atoms with Crippen LogP contribution in [0.3, 0.4) is 0 Å². The van der Waals surface area contributed by atoms with Gasteiger partial charge in [0.1, 0.15) is 0 Å². The predicted octanol–water partition coefficient (Wildman–Crippen LogP) is 7.37. The number of thioether (sulfide) groups is 1. The van der Waals surface area contributed by atoms with E-state index in [9.17, 15) is 9.59 Å². The molecule has 3 aromatic carbocycles. The Bertz CT molecular complexity index is 1410. The molecule has 0 saturated carbocycles. The van der Waals surface area contributed by atoms with Gasteiger partial charge in [0, 0.05) is 23.1 Å². The number of ketones is 1. The first-order valence-electron chi connectivity index (χ1n) is 11.0. The lowest BCUT2D eigenvalue weighted by Gasteiger charge is -2.15. The lowest BCUT2D eigenvalue weighted by Crippen LogP contribution is -2.07. The van der Waals surface area contributed by atoms with E-state index in [1.54, 1.807) is 36.1 Å². The Morgan fingerprint density at radius 2 is 1.79 bits per heavy atom. The number of nitrogens with zero attached hydrogens (tertiary/aromatic N) is 1. The van der Waals surface area contributed by atoms with Gasteiger partial charge in [-0.2, -0.15) is 0 Å². The highest BCUT2D eigenvalue weighted by Gasteiger charge is 2.15. The minimum absolute atomic E-state index is 0.106. The number of amides is 1. The molecular weight excluding hydrogens is 460 g/mol. The molecule has 0 unspecified atom stereocenters. The van der Waals surface area contributed by atoms with Gasteiger partial charge < -0.3 is 5.32 Å². The molecule has 0 atom stereocenters. The zero-order valence-corrected chi connectivity index (χ0v) is 21.3. The van der Waals surface area contributed by atoms with Crippen LogP contribution in [-0.2, 0) is 10.5 Å². The molecule has 1 N–H and O–H groups in total. The summed E-state index contributed by atoms with van der Waals surface area (Å²) in [5, 5.41) is 2.92. The minimum Gasteiger partial charge on any atom is -0.322 e. The standard InChI is InChI=1S/C28H26N2O2S2/c1-17-14-18(2)27(20(4)31)19(3)23(17)16-33-28-30-24-12-11-22(15-25(24)34-28)29-26(32)13-10-21-8-6-5-7-9-21/h5-15H,16H2,1-4H3,(H,29,32)/b13-10+. The van der Waals surface area contributed by atoms with Crippen molar-refractivity contribution in [1.29, 1.82) is 0 Å². The summed E-state index contributed by atoms with van der Waals surface area (Å²) >= 11 is 3.29. The van der Waals surface area contributed by atoms with E-state index in [0.717, 1.165) is 48.3 Å². The number of rotatable bonds is 7. The monoisotopic (exact) mass is 486 g/mol. The molecule has 1 amide bonds. The second kappa shape index (κ2) is 10.4. The van der Waals surface area contributed by atoms with E-state index in [4.69, 9.17) is 4.98 Å². The Labute approximate surface area is 208 Å². The Morgan fingerprint density at radius 3 is 2.53 bits per heavy atom. The summed E-state index contributed by atoms with van der Waals surface area (Å²) in [5.41, 5.74) is 7.94. The molecule has 6 heteroatoms. The molecule has 0 aliphatic carbocycles.